The molecule has 3 nitrogen and oxygen atoms in total. The summed E-state index contributed by atoms with van der Waals surface area (Å²) in [6, 6.07) is 0. The Kier molecular flexibility index (Phi) is 9.22. The van der Waals surface area contributed by atoms with Gasteiger partial charge in [0.15, 0.2) is 0 Å². The predicted molar refractivity (Wildman–Crippen MR) is 105 cm³/mol. The monoisotopic (exact) mass is 349 g/mol. The van der Waals surface area contributed by atoms with Crippen LogP contribution in [0.15, 0.2) is 23.8 Å². The highest BCUT2D eigenvalue weighted by molar-refractivity contribution is 5.17. The third-order valence-electron chi connectivity index (χ3n) is 6.11. The molecule has 144 valence electrons. The highest BCUT2D eigenvalue weighted by Gasteiger charge is 2.44. The lowest BCUT2D eigenvalue weighted by atomic mass is 9.90. The average Bonchev–Trinajstić information content (AvgIpc) is 3.09. The number of aliphatic hydroxyl groups excluding tert-OH is 2. The first kappa shape index (κ1) is 20.7. The number of fused-ring (bicyclic) bond motifs is 1. The second kappa shape index (κ2) is 11.2. The van der Waals surface area contributed by atoms with Crippen LogP contribution in [0, 0.1) is 17.8 Å². The van der Waals surface area contributed by atoms with Crippen LogP contribution in [0.25, 0.3) is 0 Å². The molecule has 0 aliphatic heterocycles. The van der Waals surface area contributed by atoms with Crippen molar-refractivity contribution in [1.29, 1.82) is 0 Å². The molecule has 0 unspecified atom stereocenters. The minimum Gasteiger partial charge on any atom is -0.392 e. The number of hydrogen-bond donors (Lipinski definition) is 3. The van der Waals surface area contributed by atoms with Gasteiger partial charge in [0.05, 0.1) is 12.2 Å². The summed E-state index contributed by atoms with van der Waals surface area (Å²) < 4.78 is 0. The third-order valence-corrected chi connectivity index (χ3v) is 6.11. The third kappa shape index (κ3) is 6.54. The van der Waals surface area contributed by atoms with Crippen molar-refractivity contribution >= 4 is 0 Å². The molecule has 2 saturated carbocycles. The lowest BCUT2D eigenvalue weighted by Gasteiger charge is -2.17. The Morgan fingerprint density at radius 2 is 2.00 bits per heavy atom. The molecule has 0 amide bonds. The standard InChI is InChI=1S/C22H39NO2/c1-2-3-6-10-19(24)11-12-20-21-15-17(9-7-4-5-8-13-23)14-18(21)16-22(20)25/h9,11-12,18-22,24-25H,2-8,10,13-16,23H2,1H3/b12-11+,17-9?/t18-,19-,20+,21-,22+/m0/s1. The molecule has 0 radical (unpaired) electrons. The Bertz CT molecular complexity index is 432. The SMILES string of the molecule is CCCCC[C@H](O)/C=C/[C@@H]1[C@H]2CC(=CCCCCCN)C[C@H]2C[C@H]1O. The van der Waals surface area contributed by atoms with Crippen molar-refractivity contribution in [2.75, 3.05) is 6.54 Å². The summed E-state index contributed by atoms with van der Waals surface area (Å²) in [6.07, 6.45) is 18.2. The second-order valence-electron chi connectivity index (χ2n) is 8.16. The fourth-order valence-corrected chi connectivity index (χ4v) is 4.67. The van der Waals surface area contributed by atoms with Crippen LogP contribution < -0.4 is 5.73 Å². The molecule has 5 atom stereocenters. The van der Waals surface area contributed by atoms with Gasteiger partial charge in [-0.15, -0.1) is 0 Å². The molecule has 0 spiro atoms. The topological polar surface area (TPSA) is 66.5 Å². The van der Waals surface area contributed by atoms with Crippen molar-refractivity contribution in [2.45, 2.75) is 89.8 Å². The molecule has 0 heterocycles. The van der Waals surface area contributed by atoms with Crippen molar-refractivity contribution in [2.24, 2.45) is 23.5 Å². The molecule has 2 rings (SSSR count). The molecule has 2 aliphatic carbocycles. The molecule has 0 aromatic carbocycles. The predicted octanol–water partition coefficient (Wildman–Crippen LogP) is 4.34. The van der Waals surface area contributed by atoms with E-state index in [1.807, 2.05) is 6.08 Å². The molecule has 3 heteroatoms. The van der Waals surface area contributed by atoms with Crippen LogP contribution in [-0.4, -0.2) is 29.0 Å². The lowest BCUT2D eigenvalue weighted by molar-refractivity contribution is 0.139. The zero-order chi connectivity index (χ0) is 18.1. The van der Waals surface area contributed by atoms with Crippen LogP contribution >= 0.6 is 0 Å². The van der Waals surface area contributed by atoms with Crippen LogP contribution in [0.4, 0.5) is 0 Å². The van der Waals surface area contributed by atoms with Crippen LogP contribution in [0.3, 0.4) is 0 Å². The van der Waals surface area contributed by atoms with Gasteiger partial charge in [0.1, 0.15) is 0 Å². The molecule has 4 N–H and O–H groups in total. The van der Waals surface area contributed by atoms with Crippen molar-refractivity contribution in [3.05, 3.63) is 23.8 Å². The van der Waals surface area contributed by atoms with Gasteiger partial charge in [0.25, 0.3) is 0 Å². The Hall–Kier alpha value is -0.640. The van der Waals surface area contributed by atoms with Crippen molar-refractivity contribution in [3.8, 4) is 0 Å². The first-order valence-corrected chi connectivity index (χ1v) is 10.6. The Labute approximate surface area is 154 Å². The molecule has 0 aromatic heterocycles. The van der Waals surface area contributed by atoms with E-state index < -0.39 is 0 Å². The molecule has 2 aliphatic rings. The maximum absolute atomic E-state index is 10.4. The minimum absolute atomic E-state index is 0.222. The van der Waals surface area contributed by atoms with Gasteiger partial charge < -0.3 is 15.9 Å². The Morgan fingerprint density at radius 1 is 1.16 bits per heavy atom. The van der Waals surface area contributed by atoms with E-state index in [0.29, 0.717) is 11.8 Å². The van der Waals surface area contributed by atoms with Crippen LogP contribution in [0.2, 0.25) is 0 Å². The Balaban J connectivity index is 1.80. The fraction of sp³-hybridized carbons (Fsp3) is 0.818. The minimum atomic E-state index is -0.350. The summed E-state index contributed by atoms with van der Waals surface area (Å²) in [7, 11) is 0. The summed E-state index contributed by atoms with van der Waals surface area (Å²) in [5.41, 5.74) is 7.14. The van der Waals surface area contributed by atoms with Crippen molar-refractivity contribution in [3.63, 3.8) is 0 Å². The van der Waals surface area contributed by atoms with Crippen molar-refractivity contribution < 1.29 is 10.2 Å². The normalized spacial score (nSPS) is 31.9. The summed E-state index contributed by atoms with van der Waals surface area (Å²) >= 11 is 0. The summed E-state index contributed by atoms with van der Waals surface area (Å²) in [5, 5.41) is 20.5. The van der Waals surface area contributed by atoms with Crippen LogP contribution in [0.5, 0.6) is 0 Å². The highest BCUT2D eigenvalue weighted by Crippen LogP contribution is 2.50. The molecule has 0 aromatic rings. The molecule has 2 fully saturated rings. The first-order valence-electron chi connectivity index (χ1n) is 10.6. The largest absolute Gasteiger partial charge is 0.392 e. The van der Waals surface area contributed by atoms with Gasteiger partial charge in [-0.2, -0.15) is 0 Å². The van der Waals surface area contributed by atoms with Gasteiger partial charge in [-0.25, -0.2) is 0 Å². The van der Waals surface area contributed by atoms with E-state index in [1.54, 1.807) is 5.57 Å². The van der Waals surface area contributed by atoms with E-state index >= 15 is 0 Å². The zero-order valence-corrected chi connectivity index (χ0v) is 16.1. The molecular formula is C22H39NO2. The maximum Gasteiger partial charge on any atom is 0.0721 e. The quantitative estimate of drug-likeness (QED) is 0.384. The second-order valence-corrected chi connectivity index (χ2v) is 8.16. The van der Waals surface area contributed by atoms with E-state index in [0.717, 1.165) is 38.6 Å². The first-order chi connectivity index (χ1) is 12.2. The number of unbranched alkanes of at least 4 members (excludes halogenated alkanes) is 5. The number of aliphatic hydroxyl groups is 2. The van der Waals surface area contributed by atoms with E-state index in [-0.39, 0.29) is 18.1 Å². The summed E-state index contributed by atoms with van der Waals surface area (Å²) in [6.45, 7) is 2.98. The maximum atomic E-state index is 10.4. The Morgan fingerprint density at radius 3 is 2.76 bits per heavy atom. The zero-order valence-electron chi connectivity index (χ0n) is 16.1. The van der Waals surface area contributed by atoms with Crippen LogP contribution in [-0.2, 0) is 0 Å². The van der Waals surface area contributed by atoms with Gasteiger partial charge in [-0.05, 0) is 63.3 Å². The molecule has 0 saturated heterocycles. The fourth-order valence-electron chi connectivity index (χ4n) is 4.67. The molecule has 25 heavy (non-hydrogen) atoms. The molecular weight excluding hydrogens is 310 g/mol. The van der Waals surface area contributed by atoms with E-state index in [4.69, 9.17) is 5.73 Å². The number of allylic oxidation sites excluding steroid dienone is 2. The smallest absolute Gasteiger partial charge is 0.0721 e. The van der Waals surface area contributed by atoms with E-state index in [1.165, 1.54) is 38.5 Å². The van der Waals surface area contributed by atoms with Gasteiger partial charge >= 0.3 is 0 Å². The average molecular weight is 350 g/mol. The number of nitrogens with two attached hydrogens (primary N) is 1. The number of rotatable bonds is 11. The number of hydrogen-bond acceptors (Lipinski definition) is 3. The molecule has 0 bridgehead atoms. The van der Waals surface area contributed by atoms with Gasteiger partial charge in [0.2, 0.25) is 0 Å². The summed E-state index contributed by atoms with van der Waals surface area (Å²) in [5.74, 6) is 1.44. The highest BCUT2D eigenvalue weighted by atomic mass is 16.3. The van der Waals surface area contributed by atoms with Crippen molar-refractivity contribution in [1.82, 2.24) is 0 Å². The van der Waals surface area contributed by atoms with Gasteiger partial charge in [-0.3, -0.25) is 0 Å². The van der Waals surface area contributed by atoms with E-state index in [2.05, 4.69) is 19.1 Å². The van der Waals surface area contributed by atoms with Gasteiger partial charge in [0, 0.05) is 5.92 Å². The van der Waals surface area contributed by atoms with E-state index in [9.17, 15) is 10.2 Å². The lowest BCUT2D eigenvalue weighted by Crippen LogP contribution is -2.17. The van der Waals surface area contributed by atoms with Gasteiger partial charge in [-0.1, -0.05) is 56.4 Å². The van der Waals surface area contributed by atoms with Crippen LogP contribution in [0.1, 0.15) is 77.6 Å². The summed E-state index contributed by atoms with van der Waals surface area (Å²) in [4.78, 5) is 0.